The number of carbonyl (C=O) groups excluding carboxylic acids is 1. The summed E-state index contributed by atoms with van der Waals surface area (Å²) < 4.78 is 0. The van der Waals surface area contributed by atoms with Gasteiger partial charge >= 0.3 is 0 Å². The van der Waals surface area contributed by atoms with Crippen LogP contribution in [-0.4, -0.2) is 47.5 Å². The van der Waals surface area contributed by atoms with Gasteiger partial charge in [-0.2, -0.15) is 0 Å². The molecule has 0 aromatic carbocycles. The fourth-order valence-electron chi connectivity index (χ4n) is 2.50. The van der Waals surface area contributed by atoms with Gasteiger partial charge in [0.1, 0.15) is 0 Å². The number of hydrogen-bond acceptors (Lipinski definition) is 4. The van der Waals surface area contributed by atoms with Crippen molar-refractivity contribution >= 4 is 5.91 Å². The van der Waals surface area contributed by atoms with Gasteiger partial charge in [0.25, 0.3) is 0 Å². The van der Waals surface area contributed by atoms with Crippen LogP contribution in [0.25, 0.3) is 0 Å². The third-order valence-electron chi connectivity index (χ3n) is 3.40. The van der Waals surface area contributed by atoms with E-state index < -0.39 is 6.10 Å². The Kier molecular flexibility index (Phi) is 6.23. The van der Waals surface area contributed by atoms with Gasteiger partial charge in [0, 0.05) is 12.6 Å². The maximum Gasteiger partial charge on any atom is 0.237 e. The van der Waals surface area contributed by atoms with E-state index in [0.717, 1.165) is 19.3 Å². The Morgan fingerprint density at radius 2 is 2.11 bits per heavy atom. The molecule has 4 N–H and O–H groups in total. The van der Waals surface area contributed by atoms with Gasteiger partial charge in [0.15, 0.2) is 0 Å². The number of aliphatic hydroxyl groups is 2. The Morgan fingerprint density at radius 3 is 2.68 bits per heavy atom. The van der Waals surface area contributed by atoms with E-state index in [4.69, 9.17) is 5.11 Å². The Morgan fingerprint density at radius 1 is 1.42 bits per heavy atom. The van der Waals surface area contributed by atoms with Crippen molar-refractivity contribution in [3.05, 3.63) is 0 Å². The zero-order valence-electron chi connectivity index (χ0n) is 12.3. The summed E-state index contributed by atoms with van der Waals surface area (Å²) in [6, 6.07) is 0.303. The lowest BCUT2D eigenvalue weighted by molar-refractivity contribution is -0.123. The van der Waals surface area contributed by atoms with Crippen LogP contribution in [-0.2, 0) is 4.79 Å². The van der Waals surface area contributed by atoms with Gasteiger partial charge in [0.2, 0.25) is 5.91 Å². The predicted molar refractivity (Wildman–Crippen MR) is 74.7 cm³/mol. The van der Waals surface area contributed by atoms with E-state index in [1.54, 1.807) is 0 Å². The molecular formula is C14H28N2O3. The van der Waals surface area contributed by atoms with Crippen LogP contribution in [0, 0.1) is 5.41 Å². The van der Waals surface area contributed by atoms with E-state index >= 15 is 0 Å². The van der Waals surface area contributed by atoms with E-state index in [2.05, 4.69) is 31.4 Å². The molecule has 2 unspecified atom stereocenters. The summed E-state index contributed by atoms with van der Waals surface area (Å²) in [5, 5.41) is 24.0. The quantitative estimate of drug-likeness (QED) is 0.564. The predicted octanol–water partition coefficient (Wildman–Crippen LogP) is 0.403. The molecule has 1 amide bonds. The van der Waals surface area contributed by atoms with Gasteiger partial charge in [0.05, 0.1) is 18.8 Å². The van der Waals surface area contributed by atoms with Gasteiger partial charge in [-0.25, -0.2) is 0 Å². The molecule has 0 aromatic heterocycles. The average molecular weight is 272 g/mol. The second kappa shape index (κ2) is 7.22. The average Bonchev–Trinajstić information content (AvgIpc) is 2.74. The molecule has 0 aromatic rings. The highest BCUT2D eigenvalue weighted by atomic mass is 16.3. The Labute approximate surface area is 115 Å². The Hall–Kier alpha value is -0.650. The van der Waals surface area contributed by atoms with Crippen molar-refractivity contribution in [3.8, 4) is 0 Å². The van der Waals surface area contributed by atoms with Crippen LogP contribution < -0.4 is 10.6 Å². The molecule has 0 radical (unpaired) electrons. The summed E-state index contributed by atoms with van der Waals surface area (Å²) in [6.07, 6.45) is 2.62. The first kappa shape index (κ1) is 16.4. The highest BCUT2D eigenvalue weighted by Crippen LogP contribution is 2.26. The third kappa shape index (κ3) is 6.36. The van der Waals surface area contributed by atoms with Crippen LogP contribution >= 0.6 is 0 Å². The van der Waals surface area contributed by atoms with Gasteiger partial charge < -0.3 is 20.8 Å². The summed E-state index contributed by atoms with van der Waals surface area (Å²) in [5.41, 5.74) is 0.272. The first-order valence-corrected chi connectivity index (χ1v) is 7.14. The molecule has 5 nitrogen and oxygen atoms in total. The first-order valence-electron chi connectivity index (χ1n) is 7.14. The summed E-state index contributed by atoms with van der Waals surface area (Å²) in [5.74, 6) is 0.00143. The van der Waals surface area contributed by atoms with Crippen LogP contribution in [0.2, 0.25) is 0 Å². The molecule has 1 fully saturated rings. The smallest absolute Gasteiger partial charge is 0.237 e. The highest BCUT2D eigenvalue weighted by Gasteiger charge is 2.31. The topological polar surface area (TPSA) is 81.6 Å². The van der Waals surface area contributed by atoms with Crippen molar-refractivity contribution in [3.63, 3.8) is 0 Å². The fraction of sp³-hybridized carbons (Fsp3) is 0.929. The van der Waals surface area contributed by atoms with E-state index in [1.807, 2.05) is 0 Å². The van der Waals surface area contributed by atoms with E-state index in [1.165, 1.54) is 0 Å². The number of hydrogen-bond donors (Lipinski definition) is 4. The SMILES string of the molecule is CC(C)(C)CC1CCC(C(=O)NCC[C@H](O)CO)N1. The summed E-state index contributed by atoms with van der Waals surface area (Å²) in [4.78, 5) is 11.9. The standard InChI is InChI=1S/C14H28N2O3/c1-14(2,3)8-10-4-5-12(16-10)13(19)15-7-6-11(18)9-17/h10-12,16-18H,4-9H2,1-3H3,(H,15,19)/t10?,11-,12?/m0/s1. The molecule has 19 heavy (non-hydrogen) atoms. The molecule has 1 aliphatic rings. The minimum Gasteiger partial charge on any atom is -0.394 e. The van der Waals surface area contributed by atoms with Crippen LogP contribution in [0.15, 0.2) is 0 Å². The summed E-state index contributed by atoms with van der Waals surface area (Å²) >= 11 is 0. The molecule has 0 aliphatic carbocycles. The molecule has 1 aliphatic heterocycles. The molecule has 0 spiro atoms. The largest absolute Gasteiger partial charge is 0.394 e. The van der Waals surface area contributed by atoms with Crippen molar-refractivity contribution in [1.29, 1.82) is 0 Å². The molecule has 5 heteroatoms. The van der Waals surface area contributed by atoms with Crippen LogP contribution in [0.5, 0.6) is 0 Å². The lowest BCUT2D eigenvalue weighted by atomic mass is 9.88. The van der Waals surface area contributed by atoms with Gasteiger partial charge in [-0.15, -0.1) is 0 Å². The number of aliphatic hydroxyl groups excluding tert-OH is 2. The highest BCUT2D eigenvalue weighted by molar-refractivity contribution is 5.82. The Bertz CT molecular complexity index is 289. The fourth-order valence-corrected chi connectivity index (χ4v) is 2.50. The van der Waals surface area contributed by atoms with Crippen LogP contribution in [0.4, 0.5) is 0 Å². The second-order valence-corrected chi connectivity index (χ2v) is 6.67. The molecule has 1 rings (SSSR count). The maximum atomic E-state index is 11.9. The molecule has 3 atom stereocenters. The minimum absolute atomic E-state index is 0.00143. The molecule has 0 saturated carbocycles. The number of amides is 1. The zero-order chi connectivity index (χ0) is 14.5. The zero-order valence-corrected chi connectivity index (χ0v) is 12.3. The van der Waals surface area contributed by atoms with Crippen molar-refractivity contribution < 1.29 is 15.0 Å². The summed E-state index contributed by atoms with van der Waals surface area (Å²) in [6.45, 7) is 6.77. The van der Waals surface area contributed by atoms with Crippen molar-refractivity contribution in [1.82, 2.24) is 10.6 Å². The molecule has 1 saturated heterocycles. The van der Waals surface area contributed by atoms with Gasteiger partial charge in [-0.05, 0) is 31.1 Å². The molecule has 0 bridgehead atoms. The van der Waals surface area contributed by atoms with E-state index in [9.17, 15) is 9.90 Å². The summed E-state index contributed by atoms with van der Waals surface area (Å²) in [7, 11) is 0. The van der Waals surface area contributed by atoms with Crippen molar-refractivity contribution in [2.75, 3.05) is 13.2 Å². The second-order valence-electron chi connectivity index (χ2n) is 6.67. The van der Waals surface area contributed by atoms with E-state index in [0.29, 0.717) is 19.0 Å². The number of nitrogens with one attached hydrogen (secondary N) is 2. The number of rotatable bonds is 6. The van der Waals surface area contributed by atoms with Crippen molar-refractivity contribution in [2.24, 2.45) is 5.41 Å². The van der Waals surface area contributed by atoms with Crippen LogP contribution in [0.1, 0.15) is 46.5 Å². The minimum atomic E-state index is -0.745. The lowest BCUT2D eigenvalue weighted by Crippen LogP contribution is -2.44. The lowest BCUT2D eigenvalue weighted by Gasteiger charge is -2.23. The molecular weight excluding hydrogens is 244 g/mol. The maximum absolute atomic E-state index is 11.9. The van der Waals surface area contributed by atoms with Gasteiger partial charge in [-0.3, -0.25) is 4.79 Å². The van der Waals surface area contributed by atoms with E-state index in [-0.39, 0.29) is 24.0 Å². The third-order valence-corrected chi connectivity index (χ3v) is 3.40. The number of carbonyl (C=O) groups is 1. The van der Waals surface area contributed by atoms with Gasteiger partial charge in [-0.1, -0.05) is 20.8 Å². The molecule has 112 valence electrons. The van der Waals surface area contributed by atoms with Crippen molar-refractivity contribution in [2.45, 2.75) is 64.6 Å². The molecule has 1 heterocycles. The first-order chi connectivity index (χ1) is 8.81. The Balaban J connectivity index is 2.24. The normalized spacial score (nSPS) is 25.3. The van der Waals surface area contributed by atoms with Crippen LogP contribution in [0.3, 0.4) is 0 Å². The monoisotopic (exact) mass is 272 g/mol.